The van der Waals surface area contributed by atoms with Gasteiger partial charge < -0.3 is 15.0 Å². The minimum Gasteiger partial charge on any atom is -0.495 e. The van der Waals surface area contributed by atoms with E-state index in [1.807, 2.05) is 31.2 Å². The van der Waals surface area contributed by atoms with Crippen LogP contribution >= 0.6 is 0 Å². The van der Waals surface area contributed by atoms with Crippen LogP contribution in [0.4, 0.5) is 17.5 Å². The lowest BCUT2D eigenvalue weighted by Crippen LogP contribution is -2.19. The Hall–Kier alpha value is -2.30. The van der Waals surface area contributed by atoms with Gasteiger partial charge in [-0.2, -0.15) is 4.98 Å². The second kappa shape index (κ2) is 5.99. The van der Waals surface area contributed by atoms with Crippen molar-refractivity contribution in [2.75, 3.05) is 30.4 Å². The molecule has 0 aliphatic carbocycles. The van der Waals surface area contributed by atoms with Gasteiger partial charge in [0.2, 0.25) is 5.95 Å². The lowest BCUT2D eigenvalue weighted by molar-refractivity contribution is 0.416. The van der Waals surface area contributed by atoms with Crippen LogP contribution in [0, 0.1) is 6.92 Å². The van der Waals surface area contributed by atoms with E-state index in [1.54, 1.807) is 13.3 Å². The van der Waals surface area contributed by atoms with Gasteiger partial charge in [0.1, 0.15) is 11.6 Å². The van der Waals surface area contributed by atoms with Gasteiger partial charge in [-0.25, -0.2) is 4.98 Å². The molecule has 0 atom stereocenters. The van der Waals surface area contributed by atoms with Crippen LogP contribution in [0.2, 0.25) is 0 Å². The monoisotopic (exact) mass is 284 g/mol. The van der Waals surface area contributed by atoms with Crippen molar-refractivity contribution in [3.63, 3.8) is 0 Å². The molecule has 1 aliphatic heterocycles. The standard InChI is InChI=1S/C16H20N4O/c1-12-5-6-14(21-2)13(11-12)18-16-17-8-7-15(19-16)20-9-3-4-10-20/h5-8,11H,3-4,9-10H2,1-2H3,(H,17,18,19). The zero-order valence-electron chi connectivity index (χ0n) is 12.5. The number of aryl methyl sites for hydroxylation is 1. The Bertz CT molecular complexity index is 623. The minimum atomic E-state index is 0.600. The van der Waals surface area contributed by atoms with E-state index in [1.165, 1.54) is 12.8 Å². The van der Waals surface area contributed by atoms with Crippen LogP contribution in [-0.2, 0) is 0 Å². The molecule has 21 heavy (non-hydrogen) atoms. The van der Waals surface area contributed by atoms with Gasteiger partial charge in [0.15, 0.2) is 0 Å². The van der Waals surface area contributed by atoms with Gasteiger partial charge in [-0.1, -0.05) is 6.07 Å². The van der Waals surface area contributed by atoms with Gasteiger partial charge >= 0.3 is 0 Å². The van der Waals surface area contributed by atoms with Crippen molar-refractivity contribution in [3.8, 4) is 5.75 Å². The third-order valence-electron chi connectivity index (χ3n) is 3.67. The molecule has 2 heterocycles. The van der Waals surface area contributed by atoms with E-state index in [2.05, 4.69) is 20.2 Å². The highest BCUT2D eigenvalue weighted by atomic mass is 16.5. The van der Waals surface area contributed by atoms with Crippen molar-refractivity contribution in [2.24, 2.45) is 0 Å². The summed E-state index contributed by atoms with van der Waals surface area (Å²) in [6, 6.07) is 7.96. The zero-order chi connectivity index (χ0) is 14.7. The van der Waals surface area contributed by atoms with Crippen LogP contribution in [0.1, 0.15) is 18.4 Å². The van der Waals surface area contributed by atoms with Crippen molar-refractivity contribution >= 4 is 17.5 Å². The SMILES string of the molecule is COc1ccc(C)cc1Nc1nccc(N2CCCC2)n1. The van der Waals surface area contributed by atoms with E-state index in [-0.39, 0.29) is 0 Å². The summed E-state index contributed by atoms with van der Waals surface area (Å²) in [7, 11) is 1.66. The maximum atomic E-state index is 5.37. The van der Waals surface area contributed by atoms with Gasteiger partial charge in [-0.05, 0) is 43.5 Å². The van der Waals surface area contributed by atoms with E-state index < -0.39 is 0 Å². The summed E-state index contributed by atoms with van der Waals surface area (Å²) < 4.78 is 5.37. The first kappa shape index (κ1) is 13.7. The van der Waals surface area contributed by atoms with Crippen molar-refractivity contribution in [1.82, 2.24) is 9.97 Å². The molecule has 5 nitrogen and oxygen atoms in total. The zero-order valence-corrected chi connectivity index (χ0v) is 12.5. The normalized spacial score (nSPS) is 14.3. The first-order chi connectivity index (χ1) is 10.3. The van der Waals surface area contributed by atoms with E-state index in [4.69, 9.17) is 4.74 Å². The second-order valence-electron chi connectivity index (χ2n) is 5.26. The molecule has 1 aromatic heterocycles. The molecule has 5 heteroatoms. The molecule has 0 amide bonds. The summed E-state index contributed by atoms with van der Waals surface area (Å²) in [6.07, 6.45) is 4.27. The number of methoxy groups -OCH3 is 1. The number of aromatic nitrogens is 2. The van der Waals surface area contributed by atoms with Gasteiger partial charge in [-0.3, -0.25) is 0 Å². The average Bonchev–Trinajstić information content (AvgIpc) is 3.02. The smallest absolute Gasteiger partial charge is 0.229 e. The molecule has 3 rings (SSSR count). The fourth-order valence-corrected chi connectivity index (χ4v) is 2.57. The third-order valence-corrected chi connectivity index (χ3v) is 3.67. The Morgan fingerprint density at radius 3 is 2.76 bits per heavy atom. The predicted octanol–water partition coefficient (Wildman–Crippen LogP) is 3.14. The molecule has 1 aliphatic rings. The molecular weight excluding hydrogens is 264 g/mol. The topological polar surface area (TPSA) is 50.3 Å². The summed E-state index contributed by atoms with van der Waals surface area (Å²) in [5, 5.41) is 3.25. The number of nitrogens with zero attached hydrogens (tertiary/aromatic N) is 3. The van der Waals surface area contributed by atoms with E-state index in [0.717, 1.165) is 35.9 Å². The highest BCUT2D eigenvalue weighted by molar-refractivity contribution is 5.64. The van der Waals surface area contributed by atoms with Crippen molar-refractivity contribution < 1.29 is 4.74 Å². The summed E-state index contributed by atoms with van der Waals surface area (Å²) in [5.41, 5.74) is 2.05. The second-order valence-corrected chi connectivity index (χ2v) is 5.26. The Kier molecular flexibility index (Phi) is 3.90. The molecule has 1 N–H and O–H groups in total. The molecule has 0 radical (unpaired) electrons. The fraction of sp³-hybridized carbons (Fsp3) is 0.375. The Morgan fingerprint density at radius 1 is 1.19 bits per heavy atom. The van der Waals surface area contributed by atoms with Gasteiger partial charge in [0.25, 0.3) is 0 Å². The average molecular weight is 284 g/mol. The van der Waals surface area contributed by atoms with Crippen LogP contribution in [-0.4, -0.2) is 30.2 Å². The highest BCUT2D eigenvalue weighted by Gasteiger charge is 2.14. The Balaban J connectivity index is 1.84. The molecule has 0 bridgehead atoms. The molecule has 0 saturated carbocycles. The largest absolute Gasteiger partial charge is 0.495 e. The quantitative estimate of drug-likeness (QED) is 0.934. The third kappa shape index (κ3) is 3.07. The lowest BCUT2D eigenvalue weighted by Gasteiger charge is -2.17. The van der Waals surface area contributed by atoms with Crippen molar-refractivity contribution in [2.45, 2.75) is 19.8 Å². The van der Waals surface area contributed by atoms with E-state index in [0.29, 0.717) is 5.95 Å². The number of benzene rings is 1. The maximum Gasteiger partial charge on any atom is 0.229 e. The molecule has 2 aromatic rings. The van der Waals surface area contributed by atoms with Crippen LogP contribution in [0.5, 0.6) is 5.75 Å². The number of anilines is 3. The number of rotatable bonds is 4. The number of hydrogen-bond acceptors (Lipinski definition) is 5. The van der Waals surface area contributed by atoms with Gasteiger partial charge in [0, 0.05) is 19.3 Å². The maximum absolute atomic E-state index is 5.37. The predicted molar refractivity (Wildman–Crippen MR) is 84.5 cm³/mol. The number of ether oxygens (including phenoxy) is 1. The molecular formula is C16H20N4O. The summed E-state index contributed by atoms with van der Waals surface area (Å²) >= 11 is 0. The van der Waals surface area contributed by atoms with Crippen LogP contribution in [0.15, 0.2) is 30.5 Å². The van der Waals surface area contributed by atoms with E-state index >= 15 is 0 Å². The van der Waals surface area contributed by atoms with Crippen molar-refractivity contribution in [3.05, 3.63) is 36.0 Å². The summed E-state index contributed by atoms with van der Waals surface area (Å²) in [6.45, 7) is 4.20. The molecule has 0 spiro atoms. The van der Waals surface area contributed by atoms with E-state index in [9.17, 15) is 0 Å². The fourth-order valence-electron chi connectivity index (χ4n) is 2.57. The molecule has 1 fully saturated rings. The Labute approximate surface area is 125 Å². The first-order valence-electron chi connectivity index (χ1n) is 7.26. The van der Waals surface area contributed by atoms with Crippen LogP contribution in [0.25, 0.3) is 0 Å². The van der Waals surface area contributed by atoms with Gasteiger partial charge in [0.05, 0.1) is 12.8 Å². The van der Waals surface area contributed by atoms with Crippen LogP contribution < -0.4 is 15.0 Å². The highest BCUT2D eigenvalue weighted by Crippen LogP contribution is 2.28. The Morgan fingerprint density at radius 2 is 2.00 bits per heavy atom. The number of nitrogens with one attached hydrogen (secondary N) is 1. The molecule has 110 valence electrons. The minimum absolute atomic E-state index is 0.600. The van der Waals surface area contributed by atoms with Gasteiger partial charge in [-0.15, -0.1) is 0 Å². The molecule has 1 aromatic carbocycles. The molecule has 1 saturated heterocycles. The number of hydrogen-bond donors (Lipinski definition) is 1. The lowest BCUT2D eigenvalue weighted by atomic mass is 10.2. The molecule has 0 unspecified atom stereocenters. The van der Waals surface area contributed by atoms with Crippen LogP contribution in [0.3, 0.4) is 0 Å². The summed E-state index contributed by atoms with van der Waals surface area (Å²) in [4.78, 5) is 11.2. The summed E-state index contributed by atoms with van der Waals surface area (Å²) in [5.74, 6) is 2.37. The first-order valence-corrected chi connectivity index (χ1v) is 7.26. The van der Waals surface area contributed by atoms with Crippen molar-refractivity contribution in [1.29, 1.82) is 0 Å².